The molecule has 0 unspecified atom stereocenters. The summed E-state index contributed by atoms with van der Waals surface area (Å²) in [4.78, 5) is 21.5. The summed E-state index contributed by atoms with van der Waals surface area (Å²) in [7, 11) is 0. The molecule has 1 rings (SSSR count). The van der Waals surface area contributed by atoms with Crippen LogP contribution in [0, 0.1) is 0 Å². The van der Waals surface area contributed by atoms with Crippen molar-refractivity contribution in [1.82, 2.24) is 4.90 Å². The van der Waals surface area contributed by atoms with Crippen LogP contribution in [-0.2, 0) is 4.79 Å². The predicted octanol–water partition coefficient (Wildman–Crippen LogP) is -7.81. The fraction of sp³-hybridized carbons (Fsp3) is 0.368. The molecule has 1 aromatic carbocycles. The van der Waals surface area contributed by atoms with E-state index in [0.29, 0.717) is 19.6 Å². The molecular formula is C19H27KNNaO7. The Morgan fingerprint density at radius 1 is 0.931 bits per heavy atom. The van der Waals surface area contributed by atoms with Crippen molar-refractivity contribution in [2.75, 3.05) is 39.5 Å². The molecule has 152 valence electrons. The summed E-state index contributed by atoms with van der Waals surface area (Å²) in [5, 5.41) is 45.2. The molecule has 3 N–H and O–H groups in total. The van der Waals surface area contributed by atoms with Crippen LogP contribution in [0.15, 0.2) is 54.6 Å². The topological polar surface area (TPSA) is 144 Å². The minimum Gasteiger partial charge on any atom is -0.545 e. The molecule has 0 spiro atoms. The monoisotopic (exact) mass is 443 g/mol. The van der Waals surface area contributed by atoms with Gasteiger partial charge in [-0.2, -0.15) is 0 Å². The summed E-state index contributed by atoms with van der Waals surface area (Å²) in [5.74, 6) is -2.29. The van der Waals surface area contributed by atoms with Gasteiger partial charge < -0.3 is 35.1 Å². The number of carbonyl (C=O) groups is 2. The molecule has 0 saturated heterocycles. The Morgan fingerprint density at radius 2 is 1.38 bits per heavy atom. The Hall–Kier alpha value is 0.116. The molecule has 0 aromatic heterocycles. The van der Waals surface area contributed by atoms with Gasteiger partial charge in [0.2, 0.25) is 0 Å². The Labute approximate surface area is 236 Å². The van der Waals surface area contributed by atoms with Crippen molar-refractivity contribution in [3.63, 3.8) is 0 Å². The summed E-state index contributed by atoms with van der Waals surface area (Å²) in [6.45, 7) is 3.56. The van der Waals surface area contributed by atoms with E-state index >= 15 is 0 Å². The maximum atomic E-state index is 10.1. The van der Waals surface area contributed by atoms with Crippen molar-refractivity contribution >= 4 is 11.9 Å². The molecule has 8 nitrogen and oxygen atoms in total. The predicted molar refractivity (Wildman–Crippen MR) is 97.4 cm³/mol. The van der Waals surface area contributed by atoms with Crippen LogP contribution in [0.2, 0.25) is 0 Å². The third-order valence-corrected chi connectivity index (χ3v) is 2.79. The maximum Gasteiger partial charge on any atom is 1.00 e. The number of benzene rings is 1. The molecule has 0 saturated carbocycles. The Bertz CT molecular complexity index is 542. The molecule has 0 fully saturated rings. The third kappa shape index (κ3) is 28.1. The minimum atomic E-state index is -1.16. The first kappa shape index (κ1) is 36.5. The molecular weight excluding hydrogens is 416 g/mol. The van der Waals surface area contributed by atoms with E-state index in [1.807, 2.05) is 0 Å². The van der Waals surface area contributed by atoms with E-state index in [9.17, 15) is 19.8 Å². The number of aromatic carboxylic acids is 1. The van der Waals surface area contributed by atoms with Crippen LogP contribution in [0.4, 0.5) is 0 Å². The molecule has 0 aliphatic rings. The Balaban J connectivity index is -0.000000157. The van der Waals surface area contributed by atoms with E-state index in [1.54, 1.807) is 42.2 Å². The summed E-state index contributed by atoms with van der Waals surface area (Å²) in [6.07, 6.45) is 5.74. The van der Waals surface area contributed by atoms with E-state index in [0.717, 1.165) is 6.08 Å². The summed E-state index contributed by atoms with van der Waals surface area (Å²) in [5.41, 5.74) is 0.220. The van der Waals surface area contributed by atoms with Crippen molar-refractivity contribution in [2.45, 2.75) is 6.92 Å². The molecule has 0 bridgehead atoms. The van der Waals surface area contributed by atoms with Gasteiger partial charge in [0.15, 0.2) is 0 Å². The third-order valence-electron chi connectivity index (χ3n) is 2.79. The molecule has 0 amide bonds. The number of carboxylic acids is 2. The average molecular weight is 444 g/mol. The fourth-order valence-corrected chi connectivity index (χ4v) is 1.58. The largest absolute Gasteiger partial charge is 1.00 e. The number of hydrogen-bond acceptors (Lipinski definition) is 8. The number of aliphatic carboxylic acids is 1. The zero-order chi connectivity index (χ0) is 20.9. The first-order valence-electron chi connectivity index (χ1n) is 8.24. The second kappa shape index (κ2) is 28.1. The average Bonchev–Trinajstić information content (AvgIpc) is 2.64. The minimum absolute atomic E-state index is 0. The van der Waals surface area contributed by atoms with Crippen LogP contribution in [0.5, 0.6) is 0 Å². The molecule has 0 aliphatic carbocycles. The number of carboxylic acid groups (broad SMARTS) is 2. The van der Waals surface area contributed by atoms with Gasteiger partial charge in [-0.05, 0) is 18.6 Å². The summed E-state index contributed by atoms with van der Waals surface area (Å²) in [6, 6.07) is 8.06. The van der Waals surface area contributed by atoms with E-state index in [2.05, 4.69) is 0 Å². The van der Waals surface area contributed by atoms with E-state index in [-0.39, 0.29) is 106 Å². The van der Waals surface area contributed by atoms with Gasteiger partial charge in [0.05, 0.1) is 31.8 Å². The SMILES string of the molecule is C/C=C/C=C/C(=O)[O-].O=C([O-])c1ccccc1.OCCN(CCO)CCO.[K+].[Na+]. The molecule has 0 heterocycles. The summed E-state index contributed by atoms with van der Waals surface area (Å²) < 4.78 is 0. The second-order valence-electron chi connectivity index (χ2n) is 4.87. The van der Waals surface area contributed by atoms with Crippen LogP contribution in [0.25, 0.3) is 0 Å². The Kier molecular flexibility index (Phi) is 35.4. The van der Waals surface area contributed by atoms with Crippen molar-refractivity contribution in [2.24, 2.45) is 0 Å². The smallest absolute Gasteiger partial charge is 0.545 e. The second-order valence-corrected chi connectivity index (χ2v) is 4.87. The number of carbonyl (C=O) groups excluding carboxylic acids is 2. The molecule has 0 aliphatic heterocycles. The first-order chi connectivity index (χ1) is 12.9. The maximum absolute atomic E-state index is 10.1. The van der Waals surface area contributed by atoms with Crippen LogP contribution < -0.4 is 91.2 Å². The van der Waals surface area contributed by atoms with E-state index in [4.69, 9.17) is 15.3 Å². The summed E-state index contributed by atoms with van der Waals surface area (Å²) >= 11 is 0. The van der Waals surface area contributed by atoms with Crippen LogP contribution in [0.3, 0.4) is 0 Å². The number of aliphatic hydroxyl groups excluding tert-OH is 3. The van der Waals surface area contributed by atoms with Gasteiger partial charge in [0, 0.05) is 19.6 Å². The number of allylic oxidation sites excluding steroid dienone is 3. The van der Waals surface area contributed by atoms with E-state index < -0.39 is 11.9 Å². The van der Waals surface area contributed by atoms with Crippen LogP contribution in [-0.4, -0.2) is 71.6 Å². The number of nitrogens with zero attached hydrogens (tertiary/aromatic N) is 1. The van der Waals surface area contributed by atoms with Gasteiger partial charge in [-0.15, -0.1) is 0 Å². The molecule has 29 heavy (non-hydrogen) atoms. The number of rotatable bonds is 9. The van der Waals surface area contributed by atoms with Crippen molar-refractivity contribution in [3.8, 4) is 0 Å². The van der Waals surface area contributed by atoms with Crippen molar-refractivity contribution in [3.05, 3.63) is 60.2 Å². The van der Waals surface area contributed by atoms with Gasteiger partial charge in [-0.1, -0.05) is 48.6 Å². The quantitative estimate of drug-likeness (QED) is 0.194. The van der Waals surface area contributed by atoms with Crippen LogP contribution in [0.1, 0.15) is 17.3 Å². The zero-order valence-electron chi connectivity index (χ0n) is 17.4. The van der Waals surface area contributed by atoms with E-state index in [1.165, 1.54) is 18.2 Å². The normalized spacial score (nSPS) is 9.55. The van der Waals surface area contributed by atoms with Gasteiger partial charge in [0.1, 0.15) is 0 Å². The molecule has 0 atom stereocenters. The number of aliphatic hydroxyl groups is 3. The van der Waals surface area contributed by atoms with Gasteiger partial charge in [-0.3, -0.25) is 4.90 Å². The van der Waals surface area contributed by atoms with Crippen molar-refractivity contribution in [1.29, 1.82) is 0 Å². The first-order valence-corrected chi connectivity index (χ1v) is 8.24. The molecule has 0 radical (unpaired) electrons. The van der Waals surface area contributed by atoms with Gasteiger partial charge >= 0.3 is 80.9 Å². The zero-order valence-corrected chi connectivity index (χ0v) is 22.5. The standard InChI is InChI=1S/C7H6O2.C6H15NO3.C6H8O2.K.Na/c8-7(9)6-4-2-1-3-5-6;8-4-1-7(2-5-9)3-6-10;1-2-3-4-5-6(7)8;;/h1-5H,(H,8,9);8-10H,1-6H2;2-5H,1H3,(H,7,8);;/q;;;2*+1/p-2/b;;3-2+,5-4+;;. The fourth-order valence-electron chi connectivity index (χ4n) is 1.58. The molecule has 10 heteroatoms. The van der Waals surface area contributed by atoms with Crippen molar-refractivity contribution < 1.29 is 116 Å². The van der Waals surface area contributed by atoms with Gasteiger partial charge in [-0.25, -0.2) is 0 Å². The Morgan fingerprint density at radius 3 is 1.66 bits per heavy atom. The van der Waals surface area contributed by atoms with Crippen LogP contribution >= 0.6 is 0 Å². The van der Waals surface area contributed by atoms with Gasteiger partial charge in [0.25, 0.3) is 0 Å². The molecule has 1 aromatic rings. The number of hydrogen-bond donors (Lipinski definition) is 3.